The molecule has 6 nitrogen and oxygen atoms in total. The molecule has 190 valence electrons. The fourth-order valence-corrected chi connectivity index (χ4v) is 4.82. The Morgan fingerprint density at radius 1 is 1.11 bits per heavy atom. The molecule has 8 heteroatoms. The maximum absolute atomic E-state index is 12.8. The van der Waals surface area contributed by atoms with Gasteiger partial charge in [0.15, 0.2) is 11.5 Å². The normalized spacial score (nSPS) is 11.1. The number of thiophene rings is 1. The lowest BCUT2D eigenvalue weighted by Gasteiger charge is -2.12. The molecule has 0 unspecified atom stereocenters. The number of ether oxygens (including phenoxy) is 3. The molecule has 0 aliphatic carbocycles. The predicted octanol–water partition coefficient (Wildman–Crippen LogP) is 7.25. The van der Waals surface area contributed by atoms with Crippen LogP contribution in [0.15, 0.2) is 48.5 Å². The van der Waals surface area contributed by atoms with Crippen molar-refractivity contribution in [2.75, 3.05) is 26.1 Å². The average Bonchev–Trinajstić information content (AvgIpc) is 3.17. The standard InChI is InChI=1S/C28H30ClNO5S/c1-17(2)13-14-35-22-11-9-19(15-23(22)33-4)10-12-24(31)30-27-26(28(32)34-5)25(18(3)36-27)20-7-6-8-21(29)16-20/h6-12,15-17H,13-14H2,1-5H3,(H,30,31)/b12-10+. The number of hydrogen-bond donors (Lipinski definition) is 1. The molecular weight excluding hydrogens is 498 g/mol. The number of halogens is 1. The van der Waals surface area contributed by atoms with Gasteiger partial charge in [-0.05, 0) is 60.7 Å². The van der Waals surface area contributed by atoms with Gasteiger partial charge in [0.2, 0.25) is 5.91 Å². The van der Waals surface area contributed by atoms with Crippen molar-refractivity contribution in [2.24, 2.45) is 5.92 Å². The molecule has 36 heavy (non-hydrogen) atoms. The summed E-state index contributed by atoms with van der Waals surface area (Å²) in [6, 6.07) is 12.7. The van der Waals surface area contributed by atoms with Gasteiger partial charge >= 0.3 is 5.97 Å². The lowest BCUT2D eigenvalue weighted by atomic mass is 10.0. The molecule has 1 amide bonds. The highest BCUT2D eigenvalue weighted by molar-refractivity contribution is 7.17. The second-order valence-electron chi connectivity index (χ2n) is 8.50. The smallest absolute Gasteiger partial charge is 0.341 e. The van der Waals surface area contributed by atoms with Crippen LogP contribution in [0.3, 0.4) is 0 Å². The lowest BCUT2D eigenvalue weighted by molar-refractivity contribution is -0.111. The molecule has 0 fully saturated rings. The predicted molar refractivity (Wildman–Crippen MR) is 146 cm³/mol. The first-order valence-electron chi connectivity index (χ1n) is 11.5. The summed E-state index contributed by atoms with van der Waals surface area (Å²) in [6.07, 6.45) is 4.02. The van der Waals surface area contributed by atoms with Crippen LogP contribution < -0.4 is 14.8 Å². The number of anilines is 1. The number of esters is 1. The Labute approximate surface area is 220 Å². The zero-order valence-corrected chi connectivity index (χ0v) is 22.6. The second-order valence-corrected chi connectivity index (χ2v) is 10.2. The van der Waals surface area contributed by atoms with Crippen molar-refractivity contribution in [3.05, 3.63) is 69.6 Å². The van der Waals surface area contributed by atoms with Crippen LogP contribution in [0.1, 0.15) is 41.1 Å². The van der Waals surface area contributed by atoms with Crippen LogP contribution in [0, 0.1) is 12.8 Å². The number of carbonyl (C=O) groups is 2. The van der Waals surface area contributed by atoms with Crippen molar-refractivity contribution in [3.63, 3.8) is 0 Å². The van der Waals surface area contributed by atoms with E-state index in [4.69, 9.17) is 25.8 Å². The number of aryl methyl sites for hydroxylation is 1. The summed E-state index contributed by atoms with van der Waals surface area (Å²) in [5, 5.41) is 3.79. The highest BCUT2D eigenvalue weighted by Gasteiger charge is 2.25. The minimum Gasteiger partial charge on any atom is -0.493 e. The van der Waals surface area contributed by atoms with Crippen LogP contribution in [-0.2, 0) is 9.53 Å². The quantitative estimate of drug-likeness (QED) is 0.222. The number of carbonyl (C=O) groups excluding carboxylic acids is 2. The average molecular weight is 528 g/mol. The Bertz CT molecular complexity index is 1260. The molecule has 0 saturated heterocycles. The Kier molecular flexibility index (Phi) is 9.56. The van der Waals surface area contributed by atoms with Crippen molar-refractivity contribution in [2.45, 2.75) is 27.2 Å². The summed E-state index contributed by atoms with van der Waals surface area (Å²) in [5.74, 6) is 0.881. The molecule has 0 aliphatic rings. The zero-order chi connectivity index (χ0) is 26.2. The molecule has 1 aromatic heterocycles. The van der Waals surface area contributed by atoms with Crippen LogP contribution in [0.2, 0.25) is 5.02 Å². The molecule has 3 rings (SSSR count). The first kappa shape index (κ1) is 27.3. The van der Waals surface area contributed by atoms with E-state index in [9.17, 15) is 9.59 Å². The largest absolute Gasteiger partial charge is 0.493 e. The number of methoxy groups -OCH3 is 2. The van der Waals surface area contributed by atoms with Crippen molar-refractivity contribution in [3.8, 4) is 22.6 Å². The summed E-state index contributed by atoms with van der Waals surface area (Å²) in [4.78, 5) is 26.3. The highest BCUT2D eigenvalue weighted by atomic mass is 35.5. The van der Waals surface area contributed by atoms with Gasteiger partial charge in [-0.3, -0.25) is 4.79 Å². The van der Waals surface area contributed by atoms with Gasteiger partial charge in [0.1, 0.15) is 10.6 Å². The summed E-state index contributed by atoms with van der Waals surface area (Å²) in [5.41, 5.74) is 2.53. The number of nitrogens with one attached hydrogen (secondary N) is 1. The van der Waals surface area contributed by atoms with E-state index in [0.717, 1.165) is 22.4 Å². The van der Waals surface area contributed by atoms with Crippen molar-refractivity contribution in [1.29, 1.82) is 0 Å². The molecule has 1 heterocycles. The van der Waals surface area contributed by atoms with Crippen molar-refractivity contribution < 1.29 is 23.8 Å². The molecule has 3 aromatic rings. The molecule has 0 atom stereocenters. The topological polar surface area (TPSA) is 73.9 Å². The second kappa shape index (κ2) is 12.6. The Balaban J connectivity index is 1.80. The third-order valence-corrected chi connectivity index (χ3v) is 6.65. The number of benzene rings is 2. The Hall–Kier alpha value is -3.29. The molecule has 0 aliphatic heterocycles. The van der Waals surface area contributed by atoms with E-state index in [1.807, 2.05) is 31.2 Å². The van der Waals surface area contributed by atoms with Crippen LogP contribution >= 0.6 is 22.9 Å². The number of hydrogen-bond acceptors (Lipinski definition) is 6. The van der Waals surface area contributed by atoms with Gasteiger partial charge in [0.25, 0.3) is 0 Å². The van der Waals surface area contributed by atoms with E-state index in [0.29, 0.717) is 45.2 Å². The fourth-order valence-electron chi connectivity index (χ4n) is 3.56. The number of amides is 1. The maximum atomic E-state index is 12.8. The van der Waals surface area contributed by atoms with Gasteiger partial charge in [0, 0.05) is 21.5 Å². The van der Waals surface area contributed by atoms with E-state index in [2.05, 4.69) is 19.2 Å². The van der Waals surface area contributed by atoms with Gasteiger partial charge in [-0.1, -0.05) is 43.6 Å². The lowest BCUT2D eigenvalue weighted by Crippen LogP contribution is -2.11. The van der Waals surface area contributed by atoms with Crippen LogP contribution in [0.5, 0.6) is 11.5 Å². The molecule has 2 aromatic carbocycles. The van der Waals surface area contributed by atoms with E-state index in [-0.39, 0.29) is 5.91 Å². The van der Waals surface area contributed by atoms with Gasteiger partial charge in [0.05, 0.1) is 20.8 Å². The molecular formula is C28H30ClNO5S. The van der Waals surface area contributed by atoms with Crippen LogP contribution in [0.4, 0.5) is 5.00 Å². The summed E-state index contributed by atoms with van der Waals surface area (Å²) in [7, 11) is 2.89. The first-order chi connectivity index (χ1) is 17.2. The van der Waals surface area contributed by atoms with E-state index in [1.54, 1.807) is 31.4 Å². The van der Waals surface area contributed by atoms with Crippen LogP contribution in [-0.4, -0.2) is 32.7 Å². The zero-order valence-electron chi connectivity index (χ0n) is 21.0. The minimum absolute atomic E-state index is 0.300. The Morgan fingerprint density at radius 3 is 2.56 bits per heavy atom. The third kappa shape index (κ3) is 6.89. The molecule has 0 bridgehead atoms. The first-order valence-corrected chi connectivity index (χ1v) is 12.7. The van der Waals surface area contributed by atoms with Gasteiger partial charge in [-0.15, -0.1) is 11.3 Å². The van der Waals surface area contributed by atoms with E-state index >= 15 is 0 Å². The Morgan fingerprint density at radius 2 is 1.89 bits per heavy atom. The fraction of sp³-hybridized carbons (Fsp3) is 0.286. The molecule has 1 N–H and O–H groups in total. The van der Waals surface area contributed by atoms with Crippen molar-refractivity contribution >= 4 is 45.9 Å². The molecule has 0 spiro atoms. The van der Waals surface area contributed by atoms with Gasteiger partial charge in [-0.2, -0.15) is 0 Å². The summed E-state index contributed by atoms with van der Waals surface area (Å²) < 4.78 is 16.3. The minimum atomic E-state index is -0.536. The highest BCUT2D eigenvalue weighted by Crippen LogP contribution is 2.41. The monoisotopic (exact) mass is 527 g/mol. The van der Waals surface area contributed by atoms with Gasteiger partial charge < -0.3 is 19.5 Å². The summed E-state index contributed by atoms with van der Waals surface area (Å²) in [6.45, 7) is 6.77. The summed E-state index contributed by atoms with van der Waals surface area (Å²) >= 11 is 7.47. The van der Waals surface area contributed by atoms with Gasteiger partial charge in [-0.25, -0.2) is 4.79 Å². The number of rotatable bonds is 10. The third-order valence-electron chi connectivity index (χ3n) is 5.39. The molecule has 0 saturated carbocycles. The molecule has 0 radical (unpaired) electrons. The van der Waals surface area contributed by atoms with Crippen molar-refractivity contribution in [1.82, 2.24) is 0 Å². The maximum Gasteiger partial charge on any atom is 0.341 e. The van der Waals surface area contributed by atoms with E-state index in [1.165, 1.54) is 24.5 Å². The SMILES string of the molecule is COC(=O)c1c(NC(=O)/C=C/c2ccc(OCCC(C)C)c(OC)c2)sc(C)c1-c1cccc(Cl)c1. The van der Waals surface area contributed by atoms with Crippen LogP contribution in [0.25, 0.3) is 17.2 Å². The van der Waals surface area contributed by atoms with E-state index < -0.39 is 5.97 Å².